The van der Waals surface area contributed by atoms with Crippen molar-refractivity contribution in [3.8, 4) is 12.3 Å². The Bertz CT molecular complexity index is 174. The predicted molar refractivity (Wildman–Crippen MR) is 39.4 cm³/mol. The topological polar surface area (TPSA) is 37.3 Å². The molecule has 0 aliphatic heterocycles. The first-order chi connectivity index (χ1) is 4.72. The molecule has 0 aromatic carbocycles. The Balaban J connectivity index is 4.01. The normalized spacial score (nSPS) is 12.8. The van der Waals surface area contributed by atoms with Gasteiger partial charge in [0.1, 0.15) is 0 Å². The zero-order valence-electron chi connectivity index (χ0n) is 5.87. The maximum atomic E-state index is 10.3. The number of carboxylic acid groups (broad SMARTS) is 1. The Morgan fingerprint density at radius 3 is 2.80 bits per heavy atom. The number of aliphatic carboxylic acids is 1. The fraction of sp³-hybridized carbons (Fsp3) is 0.375. The number of hydrogen-bond donors (Lipinski definition) is 1. The van der Waals surface area contributed by atoms with Gasteiger partial charge in [-0.05, 0) is 6.92 Å². The van der Waals surface area contributed by atoms with Gasteiger partial charge in [-0.3, -0.25) is 4.79 Å². The molecule has 0 saturated heterocycles. The number of terminal acetylenes is 1. The fourth-order valence-corrected chi connectivity index (χ4v) is 0.597. The second kappa shape index (κ2) is 4.63. The molecule has 0 aromatic heterocycles. The number of hydrogen-bond acceptors (Lipinski definition) is 1. The third kappa shape index (κ3) is 2.93. The van der Waals surface area contributed by atoms with Crippen LogP contribution in [0.25, 0.3) is 0 Å². The van der Waals surface area contributed by atoms with E-state index in [0.717, 1.165) is 0 Å². The fourth-order valence-electron chi connectivity index (χ4n) is 0.597. The highest BCUT2D eigenvalue weighted by molar-refractivity contribution is 5.72. The van der Waals surface area contributed by atoms with Crippen LogP contribution < -0.4 is 0 Å². The van der Waals surface area contributed by atoms with Crippen LogP contribution in [0.1, 0.15) is 13.3 Å². The van der Waals surface area contributed by atoms with Gasteiger partial charge < -0.3 is 5.11 Å². The predicted octanol–water partition coefficient (Wildman–Crippen LogP) is 1.29. The SMILES string of the molecule is C#CCC(C=CC)C(=O)O. The first kappa shape index (κ1) is 8.77. The summed E-state index contributed by atoms with van der Waals surface area (Å²) >= 11 is 0. The molecule has 0 radical (unpaired) electrons. The lowest BCUT2D eigenvalue weighted by atomic mass is 10.1. The highest BCUT2D eigenvalue weighted by Crippen LogP contribution is 2.03. The van der Waals surface area contributed by atoms with Crippen LogP contribution in [0.3, 0.4) is 0 Å². The molecule has 1 atom stereocenters. The summed E-state index contributed by atoms with van der Waals surface area (Å²) in [6.07, 6.45) is 8.49. The minimum Gasteiger partial charge on any atom is -0.481 e. The van der Waals surface area contributed by atoms with Crippen molar-refractivity contribution in [2.75, 3.05) is 0 Å². The molecule has 1 unspecified atom stereocenters. The van der Waals surface area contributed by atoms with Gasteiger partial charge in [0.05, 0.1) is 5.92 Å². The molecule has 0 bridgehead atoms. The van der Waals surface area contributed by atoms with E-state index in [1.54, 1.807) is 19.1 Å². The van der Waals surface area contributed by atoms with Crippen LogP contribution in [-0.4, -0.2) is 11.1 Å². The van der Waals surface area contributed by atoms with E-state index < -0.39 is 11.9 Å². The van der Waals surface area contributed by atoms with Crippen molar-refractivity contribution < 1.29 is 9.90 Å². The average molecular weight is 138 g/mol. The van der Waals surface area contributed by atoms with Gasteiger partial charge in [-0.15, -0.1) is 12.3 Å². The Hall–Kier alpha value is -1.23. The second-order valence-electron chi connectivity index (χ2n) is 1.88. The molecule has 1 N–H and O–H groups in total. The van der Waals surface area contributed by atoms with Crippen molar-refractivity contribution in [3.05, 3.63) is 12.2 Å². The lowest BCUT2D eigenvalue weighted by molar-refractivity contribution is -0.139. The van der Waals surface area contributed by atoms with Crippen molar-refractivity contribution in [1.29, 1.82) is 0 Å². The van der Waals surface area contributed by atoms with Crippen molar-refractivity contribution in [1.82, 2.24) is 0 Å². The summed E-state index contributed by atoms with van der Waals surface area (Å²) in [5.41, 5.74) is 0. The van der Waals surface area contributed by atoms with Crippen LogP contribution in [0.5, 0.6) is 0 Å². The molecule has 54 valence electrons. The van der Waals surface area contributed by atoms with E-state index in [1.165, 1.54) is 0 Å². The molecule has 0 rings (SSSR count). The van der Waals surface area contributed by atoms with Crippen molar-refractivity contribution in [2.24, 2.45) is 5.92 Å². The average Bonchev–Trinajstić information content (AvgIpc) is 1.87. The van der Waals surface area contributed by atoms with E-state index in [0.29, 0.717) is 0 Å². The molecule has 10 heavy (non-hydrogen) atoms. The van der Waals surface area contributed by atoms with Gasteiger partial charge in [0, 0.05) is 6.42 Å². The van der Waals surface area contributed by atoms with E-state index in [1.807, 2.05) is 0 Å². The second-order valence-corrected chi connectivity index (χ2v) is 1.88. The minimum absolute atomic E-state index is 0.264. The maximum absolute atomic E-state index is 10.3. The quantitative estimate of drug-likeness (QED) is 0.471. The summed E-state index contributed by atoms with van der Waals surface area (Å²) in [5, 5.41) is 8.49. The van der Waals surface area contributed by atoms with Gasteiger partial charge in [-0.2, -0.15) is 0 Å². The highest BCUT2D eigenvalue weighted by Gasteiger charge is 2.10. The van der Waals surface area contributed by atoms with E-state index >= 15 is 0 Å². The summed E-state index contributed by atoms with van der Waals surface area (Å²) in [5.74, 6) is 0.919. The lowest BCUT2D eigenvalue weighted by Crippen LogP contribution is -2.09. The zero-order chi connectivity index (χ0) is 7.98. The third-order valence-electron chi connectivity index (χ3n) is 1.08. The number of carbonyl (C=O) groups is 1. The van der Waals surface area contributed by atoms with Crippen LogP contribution in [-0.2, 0) is 4.79 Å². The van der Waals surface area contributed by atoms with E-state index in [-0.39, 0.29) is 6.42 Å². The first-order valence-electron chi connectivity index (χ1n) is 3.01. The van der Waals surface area contributed by atoms with Gasteiger partial charge in [-0.1, -0.05) is 12.2 Å². The Morgan fingerprint density at radius 2 is 2.50 bits per heavy atom. The largest absolute Gasteiger partial charge is 0.481 e. The summed E-state index contributed by atoms with van der Waals surface area (Å²) in [6.45, 7) is 1.77. The van der Waals surface area contributed by atoms with Gasteiger partial charge in [0.25, 0.3) is 0 Å². The first-order valence-corrected chi connectivity index (χ1v) is 3.01. The van der Waals surface area contributed by atoms with Crippen LogP contribution in [0.2, 0.25) is 0 Å². The van der Waals surface area contributed by atoms with E-state index in [2.05, 4.69) is 5.92 Å². The standard InChI is InChI=1S/C8H10O2/c1-3-5-7(6-4-2)8(9)10/h1,4,6-7H,5H2,2H3,(H,9,10). The molecule has 0 aliphatic carbocycles. The number of rotatable bonds is 3. The molecule has 0 aromatic rings. The van der Waals surface area contributed by atoms with E-state index in [4.69, 9.17) is 11.5 Å². The molecule has 2 heteroatoms. The molecule has 0 aliphatic rings. The molecule has 0 amide bonds. The highest BCUT2D eigenvalue weighted by atomic mass is 16.4. The summed E-state index contributed by atoms with van der Waals surface area (Å²) in [4.78, 5) is 10.3. The van der Waals surface area contributed by atoms with Crippen molar-refractivity contribution >= 4 is 5.97 Å². The Labute approximate surface area is 60.6 Å². The van der Waals surface area contributed by atoms with Gasteiger partial charge in [0.15, 0.2) is 0 Å². The van der Waals surface area contributed by atoms with Gasteiger partial charge in [0.2, 0.25) is 0 Å². The minimum atomic E-state index is -0.865. The molecular weight excluding hydrogens is 128 g/mol. The van der Waals surface area contributed by atoms with Crippen LogP contribution in [0.4, 0.5) is 0 Å². The maximum Gasteiger partial charge on any atom is 0.311 e. The summed E-state index contributed by atoms with van der Waals surface area (Å²) in [6, 6.07) is 0. The Kier molecular flexibility index (Phi) is 4.06. The van der Waals surface area contributed by atoms with E-state index in [9.17, 15) is 4.79 Å². The van der Waals surface area contributed by atoms with Gasteiger partial charge in [-0.25, -0.2) is 0 Å². The molecular formula is C8H10O2. The molecule has 0 heterocycles. The van der Waals surface area contributed by atoms with Crippen LogP contribution >= 0.6 is 0 Å². The smallest absolute Gasteiger partial charge is 0.311 e. The van der Waals surface area contributed by atoms with Crippen molar-refractivity contribution in [2.45, 2.75) is 13.3 Å². The van der Waals surface area contributed by atoms with Crippen LogP contribution in [0.15, 0.2) is 12.2 Å². The molecule has 0 fully saturated rings. The van der Waals surface area contributed by atoms with Gasteiger partial charge >= 0.3 is 5.97 Å². The molecule has 0 spiro atoms. The molecule has 0 saturated carbocycles. The Morgan fingerprint density at radius 1 is 1.90 bits per heavy atom. The van der Waals surface area contributed by atoms with Crippen LogP contribution in [0, 0.1) is 18.3 Å². The number of carboxylic acids is 1. The summed E-state index contributed by atoms with van der Waals surface area (Å²) < 4.78 is 0. The molecule has 2 nitrogen and oxygen atoms in total. The monoisotopic (exact) mass is 138 g/mol. The zero-order valence-corrected chi connectivity index (χ0v) is 5.87. The third-order valence-corrected chi connectivity index (χ3v) is 1.08. The summed E-state index contributed by atoms with van der Waals surface area (Å²) in [7, 11) is 0. The number of allylic oxidation sites excluding steroid dienone is 1. The van der Waals surface area contributed by atoms with Crippen molar-refractivity contribution in [3.63, 3.8) is 0 Å². The lowest BCUT2D eigenvalue weighted by Gasteiger charge is -1.99.